The molecule has 1 atom stereocenters. The minimum absolute atomic E-state index is 0.125. The fourth-order valence-corrected chi connectivity index (χ4v) is 1.95. The van der Waals surface area contributed by atoms with Gasteiger partial charge in [-0.3, -0.25) is 9.79 Å². The third-order valence-electron chi connectivity index (χ3n) is 2.55. The van der Waals surface area contributed by atoms with E-state index in [1.165, 1.54) is 0 Å². The molecular formula is C9H14N2O2. The van der Waals surface area contributed by atoms with Crippen LogP contribution in [-0.4, -0.2) is 42.4 Å². The highest BCUT2D eigenvalue weighted by Gasteiger charge is 2.32. The Hall–Kier alpha value is -1.06. The SMILES string of the molecule is CC(=O)N1CCC[C@H]1C1=NCCO1. The molecule has 0 N–H and O–H groups in total. The zero-order valence-corrected chi connectivity index (χ0v) is 7.82. The van der Waals surface area contributed by atoms with Crippen molar-refractivity contribution in [3.05, 3.63) is 0 Å². The van der Waals surface area contributed by atoms with Crippen molar-refractivity contribution >= 4 is 11.8 Å². The summed E-state index contributed by atoms with van der Waals surface area (Å²) in [5.74, 6) is 0.897. The van der Waals surface area contributed by atoms with Gasteiger partial charge in [0.1, 0.15) is 12.6 Å². The molecule has 0 spiro atoms. The minimum Gasteiger partial charge on any atom is -0.478 e. The molecule has 0 saturated carbocycles. The summed E-state index contributed by atoms with van der Waals surface area (Å²) < 4.78 is 5.37. The number of rotatable bonds is 1. The van der Waals surface area contributed by atoms with E-state index in [4.69, 9.17) is 4.74 Å². The third kappa shape index (κ3) is 1.53. The molecule has 13 heavy (non-hydrogen) atoms. The molecule has 0 aromatic heterocycles. The second kappa shape index (κ2) is 3.36. The molecule has 2 aliphatic heterocycles. The quantitative estimate of drug-likeness (QED) is 0.590. The van der Waals surface area contributed by atoms with E-state index in [0.29, 0.717) is 6.61 Å². The molecule has 4 heteroatoms. The van der Waals surface area contributed by atoms with Gasteiger partial charge in [0, 0.05) is 13.5 Å². The van der Waals surface area contributed by atoms with Crippen molar-refractivity contribution in [1.29, 1.82) is 0 Å². The lowest BCUT2D eigenvalue weighted by atomic mass is 10.2. The number of nitrogens with zero attached hydrogens (tertiary/aromatic N) is 2. The number of carbonyl (C=O) groups excluding carboxylic acids is 1. The molecule has 2 heterocycles. The summed E-state index contributed by atoms with van der Waals surface area (Å²) in [5, 5.41) is 0. The number of ether oxygens (including phenoxy) is 1. The van der Waals surface area contributed by atoms with Crippen LogP contribution < -0.4 is 0 Å². The molecule has 0 radical (unpaired) electrons. The van der Waals surface area contributed by atoms with Gasteiger partial charge >= 0.3 is 0 Å². The van der Waals surface area contributed by atoms with Gasteiger partial charge in [0.15, 0.2) is 0 Å². The lowest BCUT2D eigenvalue weighted by molar-refractivity contribution is -0.128. The standard InChI is InChI=1S/C9H14N2O2/c1-7(12)11-5-2-3-8(11)9-10-4-6-13-9/h8H,2-6H2,1H3/t8-/m0/s1. The molecule has 2 aliphatic rings. The summed E-state index contributed by atoms with van der Waals surface area (Å²) in [7, 11) is 0. The first-order valence-corrected chi connectivity index (χ1v) is 4.73. The predicted molar refractivity (Wildman–Crippen MR) is 48.7 cm³/mol. The van der Waals surface area contributed by atoms with Crippen molar-refractivity contribution in [3.63, 3.8) is 0 Å². The third-order valence-corrected chi connectivity index (χ3v) is 2.55. The van der Waals surface area contributed by atoms with Gasteiger partial charge in [0.2, 0.25) is 11.8 Å². The Balaban J connectivity index is 2.08. The fraction of sp³-hybridized carbons (Fsp3) is 0.778. The second-order valence-electron chi connectivity index (χ2n) is 3.44. The van der Waals surface area contributed by atoms with Crippen LogP contribution in [0.15, 0.2) is 4.99 Å². The van der Waals surface area contributed by atoms with E-state index in [1.807, 2.05) is 4.90 Å². The first-order valence-electron chi connectivity index (χ1n) is 4.73. The molecule has 0 aromatic rings. The van der Waals surface area contributed by atoms with E-state index in [2.05, 4.69) is 4.99 Å². The van der Waals surface area contributed by atoms with Crippen molar-refractivity contribution in [2.24, 2.45) is 4.99 Å². The van der Waals surface area contributed by atoms with Gasteiger partial charge in [-0.25, -0.2) is 0 Å². The zero-order valence-electron chi connectivity index (χ0n) is 7.82. The Morgan fingerprint density at radius 3 is 3.15 bits per heavy atom. The van der Waals surface area contributed by atoms with Gasteiger partial charge < -0.3 is 9.64 Å². The summed E-state index contributed by atoms with van der Waals surface area (Å²) in [5.41, 5.74) is 0. The molecule has 0 aliphatic carbocycles. The number of hydrogen-bond acceptors (Lipinski definition) is 3. The van der Waals surface area contributed by atoms with E-state index in [0.717, 1.165) is 31.8 Å². The molecule has 1 amide bonds. The van der Waals surface area contributed by atoms with Crippen molar-refractivity contribution in [1.82, 2.24) is 4.90 Å². The van der Waals surface area contributed by atoms with Crippen molar-refractivity contribution < 1.29 is 9.53 Å². The van der Waals surface area contributed by atoms with Gasteiger partial charge in [-0.05, 0) is 12.8 Å². The summed E-state index contributed by atoms with van der Waals surface area (Å²) in [6, 6.07) is 0.125. The highest BCUT2D eigenvalue weighted by Crippen LogP contribution is 2.20. The Labute approximate surface area is 77.6 Å². The number of aliphatic imine (C=N–C) groups is 1. The van der Waals surface area contributed by atoms with Crippen LogP contribution in [0.4, 0.5) is 0 Å². The van der Waals surface area contributed by atoms with E-state index < -0.39 is 0 Å². The summed E-state index contributed by atoms with van der Waals surface area (Å²) in [6.07, 6.45) is 2.06. The van der Waals surface area contributed by atoms with Crippen molar-refractivity contribution in [3.8, 4) is 0 Å². The summed E-state index contributed by atoms with van der Waals surface area (Å²) in [4.78, 5) is 17.3. The molecule has 72 valence electrons. The summed E-state index contributed by atoms with van der Waals surface area (Å²) >= 11 is 0. The smallest absolute Gasteiger partial charge is 0.220 e. The number of amides is 1. The lowest BCUT2D eigenvalue weighted by Gasteiger charge is -2.22. The Morgan fingerprint density at radius 1 is 1.69 bits per heavy atom. The van der Waals surface area contributed by atoms with Crippen molar-refractivity contribution in [2.45, 2.75) is 25.8 Å². The molecule has 0 bridgehead atoms. The highest BCUT2D eigenvalue weighted by molar-refractivity contribution is 5.88. The minimum atomic E-state index is 0.125. The molecule has 0 aromatic carbocycles. The second-order valence-corrected chi connectivity index (χ2v) is 3.44. The van der Waals surface area contributed by atoms with Crippen molar-refractivity contribution in [2.75, 3.05) is 19.7 Å². The molecule has 1 fully saturated rings. The largest absolute Gasteiger partial charge is 0.478 e. The van der Waals surface area contributed by atoms with Gasteiger partial charge in [-0.15, -0.1) is 0 Å². The van der Waals surface area contributed by atoms with Crippen LogP contribution in [0.5, 0.6) is 0 Å². The van der Waals surface area contributed by atoms with Gasteiger partial charge in [-0.1, -0.05) is 0 Å². The van der Waals surface area contributed by atoms with Crippen LogP contribution in [0.1, 0.15) is 19.8 Å². The Bertz CT molecular complexity index is 250. The highest BCUT2D eigenvalue weighted by atomic mass is 16.5. The first-order chi connectivity index (χ1) is 6.29. The molecule has 1 saturated heterocycles. The van der Waals surface area contributed by atoms with E-state index in [-0.39, 0.29) is 11.9 Å². The number of carbonyl (C=O) groups is 1. The average Bonchev–Trinajstić information content (AvgIpc) is 2.74. The maximum atomic E-state index is 11.2. The molecule has 0 unspecified atom stereocenters. The van der Waals surface area contributed by atoms with Crippen LogP contribution in [0, 0.1) is 0 Å². The average molecular weight is 182 g/mol. The lowest BCUT2D eigenvalue weighted by Crippen LogP contribution is -2.39. The number of hydrogen-bond donors (Lipinski definition) is 0. The van der Waals surface area contributed by atoms with Crippen LogP contribution >= 0.6 is 0 Å². The van der Waals surface area contributed by atoms with E-state index in [9.17, 15) is 4.79 Å². The van der Waals surface area contributed by atoms with Crippen LogP contribution in [0.3, 0.4) is 0 Å². The maximum Gasteiger partial charge on any atom is 0.220 e. The maximum absolute atomic E-state index is 11.2. The van der Waals surface area contributed by atoms with E-state index >= 15 is 0 Å². The number of likely N-dealkylation sites (tertiary alicyclic amines) is 1. The normalized spacial score (nSPS) is 27.3. The molecular weight excluding hydrogens is 168 g/mol. The van der Waals surface area contributed by atoms with Crippen LogP contribution in [0.2, 0.25) is 0 Å². The zero-order chi connectivity index (χ0) is 9.26. The Kier molecular flexibility index (Phi) is 2.20. The monoisotopic (exact) mass is 182 g/mol. The Morgan fingerprint density at radius 2 is 2.54 bits per heavy atom. The van der Waals surface area contributed by atoms with E-state index in [1.54, 1.807) is 6.92 Å². The first kappa shape index (κ1) is 8.53. The van der Waals surface area contributed by atoms with Gasteiger partial charge in [-0.2, -0.15) is 0 Å². The fourth-order valence-electron chi connectivity index (χ4n) is 1.95. The van der Waals surface area contributed by atoms with Crippen LogP contribution in [0.25, 0.3) is 0 Å². The van der Waals surface area contributed by atoms with Gasteiger partial charge in [0.25, 0.3) is 0 Å². The predicted octanol–water partition coefficient (Wildman–Crippen LogP) is 0.426. The van der Waals surface area contributed by atoms with Crippen LogP contribution in [-0.2, 0) is 9.53 Å². The topological polar surface area (TPSA) is 41.9 Å². The van der Waals surface area contributed by atoms with Gasteiger partial charge in [0.05, 0.1) is 6.54 Å². The molecule has 4 nitrogen and oxygen atoms in total. The summed E-state index contributed by atoms with van der Waals surface area (Å²) in [6.45, 7) is 3.88. The molecule has 2 rings (SSSR count).